The molecule has 1 amide bonds. The molecule has 0 radical (unpaired) electrons. The molecule has 2 N–H and O–H groups in total. The van der Waals surface area contributed by atoms with Gasteiger partial charge in [-0.1, -0.05) is 6.92 Å². The summed E-state index contributed by atoms with van der Waals surface area (Å²) in [7, 11) is 0. The molecular weight excluding hydrogens is 254 g/mol. The summed E-state index contributed by atoms with van der Waals surface area (Å²) in [6.07, 6.45) is 5.30. The molecule has 0 unspecified atom stereocenters. The van der Waals surface area contributed by atoms with E-state index in [-0.39, 0.29) is 5.91 Å². The zero-order valence-electron chi connectivity index (χ0n) is 11.6. The maximum atomic E-state index is 12.2. The van der Waals surface area contributed by atoms with Gasteiger partial charge < -0.3 is 10.6 Å². The Hall–Kier alpha value is -2.50. The highest BCUT2D eigenvalue weighted by Crippen LogP contribution is 2.13. The first-order valence-corrected chi connectivity index (χ1v) is 6.54. The van der Waals surface area contributed by atoms with Crippen molar-refractivity contribution in [1.82, 2.24) is 15.0 Å². The standard InChI is InChI=1S/C14H17N5O/c1-3-11-5-10(6-13(18-11)17-4-2)14(20)19-12-7-15-9-16-8-12/h5-9H,3-4H2,1-2H3,(H,17,18)(H,19,20). The van der Waals surface area contributed by atoms with Gasteiger partial charge in [-0.15, -0.1) is 0 Å². The van der Waals surface area contributed by atoms with Crippen LogP contribution in [0.1, 0.15) is 29.9 Å². The van der Waals surface area contributed by atoms with Crippen LogP contribution < -0.4 is 10.6 Å². The Morgan fingerprint density at radius 3 is 2.60 bits per heavy atom. The van der Waals surface area contributed by atoms with Gasteiger partial charge in [-0.25, -0.2) is 15.0 Å². The third-order valence-electron chi connectivity index (χ3n) is 2.68. The lowest BCUT2D eigenvalue weighted by atomic mass is 10.2. The molecule has 6 heteroatoms. The Morgan fingerprint density at radius 2 is 1.95 bits per heavy atom. The monoisotopic (exact) mass is 271 g/mol. The highest BCUT2D eigenvalue weighted by atomic mass is 16.1. The number of hydrogen-bond acceptors (Lipinski definition) is 5. The first-order chi connectivity index (χ1) is 9.72. The number of rotatable bonds is 5. The van der Waals surface area contributed by atoms with Gasteiger partial charge in [-0.05, 0) is 25.5 Å². The third-order valence-corrected chi connectivity index (χ3v) is 2.68. The molecule has 0 aromatic carbocycles. The van der Waals surface area contributed by atoms with Crippen LogP contribution in [0.25, 0.3) is 0 Å². The number of nitrogens with zero attached hydrogens (tertiary/aromatic N) is 3. The van der Waals surface area contributed by atoms with Crippen molar-refractivity contribution in [3.8, 4) is 0 Å². The van der Waals surface area contributed by atoms with Gasteiger partial charge in [0.15, 0.2) is 0 Å². The third kappa shape index (κ3) is 3.50. The van der Waals surface area contributed by atoms with E-state index in [1.807, 2.05) is 13.8 Å². The smallest absolute Gasteiger partial charge is 0.255 e. The zero-order chi connectivity index (χ0) is 14.4. The topological polar surface area (TPSA) is 79.8 Å². The molecule has 6 nitrogen and oxygen atoms in total. The summed E-state index contributed by atoms with van der Waals surface area (Å²) in [4.78, 5) is 24.4. The summed E-state index contributed by atoms with van der Waals surface area (Å²) in [6.45, 7) is 4.75. The SMILES string of the molecule is CCNc1cc(C(=O)Nc2cncnc2)cc(CC)n1. The molecule has 0 saturated carbocycles. The van der Waals surface area contributed by atoms with E-state index >= 15 is 0 Å². The van der Waals surface area contributed by atoms with Crippen LogP contribution in [-0.2, 0) is 6.42 Å². The Bertz CT molecular complexity index is 585. The van der Waals surface area contributed by atoms with E-state index < -0.39 is 0 Å². The average molecular weight is 271 g/mol. The first kappa shape index (κ1) is 13.9. The van der Waals surface area contributed by atoms with Gasteiger partial charge >= 0.3 is 0 Å². The van der Waals surface area contributed by atoms with E-state index in [4.69, 9.17) is 0 Å². The minimum atomic E-state index is -0.198. The molecule has 0 saturated heterocycles. The molecule has 104 valence electrons. The second kappa shape index (κ2) is 6.60. The molecular formula is C14H17N5O. The Kier molecular flexibility index (Phi) is 4.60. The van der Waals surface area contributed by atoms with Gasteiger partial charge in [0, 0.05) is 17.8 Å². The van der Waals surface area contributed by atoms with Crippen LogP contribution in [0.3, 0.4) is 0 Å². The molecule has 0 spiro atoms. The van der Waals surface area contributed by atoms with E-state index in [1.54, 1.807) is 24.5 Å². The van der Waals surface area contributed by atoms with Crippen molar-refractivity contribution in [2.45, 2.75) is 20.3 Å². The predicted molar refractivity (Wildman–Crippen MR) is 77.8 cm³/mol. The summed E-state index contributed by atoms with van der Waals surface area (Å²) >= 11 is 0. The molecule has 2 rings (SSSR count). The summed E-state index contributed by atoms with van der Waals surface area (Å²) in [5.41, 5.74) is 2.01. The lowest BCUT2D eigenvalue weighted by molar-refractivity contribution is 0.102. The van der Waals surface area contributed by atoms with Crippen molar-refractivity contribution in [2.24, 2.45) is 0 Å². The maximum Gasteiger partial charge on any atom is 0.255 e. The fraction of sp³-hybridized carbons (Fsp3) is 0.286. The van der Waals surface area contributed by atoms with Gasteiger partial charge in [0.25, 0.3) is 5.91 Å². The average Bonchev–Trinajstić information content (AvgIpc) is 2.48. The molecule has 2 heterocycles. The lowest BCUT2D eigenvalue weighted by Crippen LogP contribution is -2.14. The predicted octanol–water partition coefficient (Wildman–Crippen LogP) is 2.12. The molecule has 2 aromatic heterocycles. The molecule has 0 bridgehead atoms. The van der Waals surface area contributed by atoms with Crippen LogP contribution in [0.4, 0.5) is 11.5 Å². The highest BCUT2D eigenvalue weighted by molar-refractivity contribution is 6.04. The summed E-state index contributed by atoms with van der Waals surface area (Å²) < 4.78 is 0. The molecule has 0 atom stereocenters. The number of nitrogens with one attached hydrogen (secondary N) is 2. The van der Waals surface area contributed by atoms with Crippen molar-refractivity contribution >= 4 is 17.4 Å². The van der Waals surface area contributed by atoms with E-state index in [0.717, 1.165) is 18.7 Å². The largest absolute Gasteiger partial charge is 0.370 e. The van der Waals surface area contributed by atoms with Crippen LogP contribution in [0, 0.1) is 0 Å². The van der Waals surface area contributed by atoms with Crippen LogP contribution in [0.2, 0.25) is 0 Å². The summed E-state index contributed by atoms with van der Waals surface area (Å²) in [5, 5.41) is 5.88. The van der Waals surface area contributed by atoms with Gasteiger partial charge in [-0.2, -0.15) is 0 Å². The minimum Gasteiger partial charge on any atom is -0.370 e. The van der Waals surface area contributed by atoms with Crippen molar-refractivity contribution in [1.29, 1.82) is 0 Å². The van der Waals surface area contributed by atoms with Gasteiger partial charge in [-0.3, -0.25) is 4.79 Å². The minimum absolute atomic E-state index is 0.198. The van der Waals surface area contributed by atoms with Crippen LogP contribution in [-0.4, -0.2) is 27.4 Å². The molecule has 0 aliphatic heterocycles. The van der Waals surface area contributed by atoms with E-state index in [1.165, 1.54) is 6.33 Å². The van der Waals surface area contributed by atoms with Crippen molar-refractivity contribution in [2.75, 3.05) is 17.2 Å². The van der Waals surface area contributed by atoms with E-state index in [2.05, 4.69) is 25.6 Å². The number of hydrogen-bond donors (Lipinski definition) is 2. The fourth-order valence-corrected chi connectivity index (χ4v) is 1.74. The number of carbonyl (C=O) groups is 1. The van der Waals surface area contributed by atoms with Crippen LogP contribution in [0.15, 0.2) is 30.9 Å². The molecule has 20 heavy (non-hydrogen) atoms. The van der Waals surface area contributed by atoms with Gasteiger partial charge in [0.05, 0.1) is 18.1 Å². The normalized spacial score (nSPS) is 10.1. The molecule has 2 aromatic rings. The Labute approximate surface area is 117 Å². The van der Waals surface area contributed by atoms with Crippen LogP contribution >= 0.6 is 0 Å². The number of aryl methyl sites for hydroxylation is 1. The number of carbonyl (C=O) groups excluding carboxylic acids is 1. The number of aromatic nitrogens is 3. The van der Waals surface area contributed by atoms with E-state index in [9.17, 15) is 4.79 Å². The Balaban J connectivity index is 2.22. The van der Waals surface area contributed by atoms with Gasteiger partial charge in [0.2, 0.25) is 0 Å². The van der Waals surface area contributed by atoms with Crippen molar-refractivity contribution in [3.63, 3.8) is 0 Å². The number of amides is 1. The number of anilines is 2. The van der Waals surface area contributed by atoms with E-state index in [0.29, 0.717) is 17.1 Å². The van der Waals surface area contributed by atoms with Crippen LogP contribution in [0.5, 0.6) is 0 Å². The molecule has 0 aliphatic carbocycles. The molecule has 0 fully saturated rings. The quantitative estimate of drug-likeness (QED) is 0.870. The highest BCUT2D eigenvalue weighted by Gasteiger charge is 2.10. The second-order valence-corrected chi connectivity index (χ2v) is 4.20. The Morgan fingerprint density at radius 1 is 1.20 bits per heavy atom. The number of pyridine rings is 1. The second-order valence-electron chi connectivity index (χ2n) is 4.20. The fourth-order valence-electron chi connectivity index (χ4n) is 1.74. The summed E-state index contributed by atoms with van der Waals surface area (Å²) in [6, 6.07) is 3.53. The zero-order valence-corrected chi connectivity index (χ0v) is 11.6. The first-order valence-electron chi connectivity index (χ1n) is 6.54. The van der Waals surface area contributed by atoms with Gasteiger partial charge in [0.1, 0.15) is 12.1 Å². The lowest BCUT2D eigenvalue weighted by Gasteiger charge is -2.09. The van der Waals surface area contributed by atoms with Crippen molar-refractivity contribution < 1.29 is 4.79 Å². The molecule has 0 aliphatic rings. The van der Waals surface area contributed by atoms with Crippen molar-refractivity contribution in [3.05, 3.63) is 42.1 Å². The maximum absolute atomic E-state index is 12.2. The summed E-state index contributed by atoms with van der Waals surface area (Å²) in [5.74, 6) is 0.511.